The molecule has 3 nitrogen and oxygen atoms in total. The van der Waals surface area contributed by atoms with Crippen LogP contribution >= 0.6 is 34.5 Å². The molecule has 1 aromatic carbocycles. The first-order chi connectivity index (χ1) is 10.6. The fourth-order valence-electron chi connectivity index (χ4n) is 3.18. The summed E-state index contributed by atoms with van der Waals surface area (Å²) in [6.07, 6.45) is 0. The van der Waals surface area contributed by atoms with Gasteiger partial charge in [0.15, 0.2) is 5.13 Å². The lowest BCUT2D eigenvalue weighted by atomic mass is 10.0. The van der Waals surface area contributed by atoms with Crippen molar-refractivity contribution in [3.8, 4) is 11.3 Å². The Balaban J connectivity index is 1.77. The lowest BCUT2D eigenvalue weighted by Gasteiger charge is -2.03. The highest BCUT2D eigenvalue weighted by molar-refractivity contribution is 7.14. The number of carbonyl (C=O) groups is 1. The molecule has 1 N–H and O–H groups in total. The second-order valence-electron chi connectivity index (χ2n) is 7.03. The number of hydrogen-bond donors (Lipinski definition) is 1. The minimum absolute atomic E-state index is 0.00136. The fraction of sp³-hybridized carbons (Fsp3) is 0.412. The van der Waals surface area contributed by atoms with Crippen LogP contribution in [0.4, 0.5) is 5.13 Å². The van der Waals surface area contributed by atoms with Gasteiger partial charge < -0.3 is 5.32 Å². The van der Waals surface area contributed by atoms with Crippen LogP contribution in [0.15, 0.2) is 23.6 Å². The maximum absolute atomic E-state index is 12.5. The summed E-state index contributed by atoms with van der Waals surface area (Å²) >= 11 is 13.5. The zero-order valence-electron chi connectivity index (χ0n) is 13.4. The molecule has 1 aromatic heterocycles. The Morgan fingerprint density at radius 3 is 2.43 bits per heavy atom. The van der Waals surface area contributed by atoms with Crippen molar-refractivity contribution in [2.45, 2.75) is 27.7 Å². The monoisotopic (exact) mass is 368 g/mol. The molecule has 0 unspecified atom stereocenters. The van der Waals surface area contributed by atoms with E-state index in [9.17, 15) is 4.79 Å². The first-order valence-corrected chi connectivity index (χ1v) is 9.00. The van der Waals surface area contributed by atoms with Gasteiger partial charge in [-0.15, -0.1) is 11.3 Å². The van der Waals surface area contributed by atoms with Gasteiger partial charge in [-0.2, -0.15) is 0 Å². The Hall–Kier alpha value is -1.10. The Labute approximate surface area is 150 Å². The van der Waals surface area contributed by atoms with Gasteiger partial charge in [-0.05, 0) is 29.0 Å². The van der Waals surface area contributed by atoms with Crippen LogP contribution in [0, 0.1) is 16.7 Å². The minimum atomic E-state index is 0.00136. The van der Waals surface area contributed by atoms with Crippen molar-refractivity contribution in [2.75, 3.05) is 5.32 Å². The molecule has 122 valence electrons. The smallest absolute Gasteiger partial charge is 0.230 e. The summed E-state index contributed by atoms with van der Waals surface area (Å²) in [6, 6.07) is 5.29. The Morgan fingerprint density at radius 1 is 1.22 bits per heavy atom. The molecule has 2 aromatic rings. The maximum atomic E-state index is 12.5. The largest absolute Gasteiger partial charge is 0.302 e. The molecule has 6 heteroatoms. The van der Waals surface area contributed by atoms with Crippen LogP contribution in [0.1, 0.15) is 27.7 Å². The number of aromatic nitrogens is 1. The van der Waals surface area contributed by atoms with Gasteiger partial charge in [0.2, 0.25) is 5.91 Å². The van der Waals surface area contributed by atoms with Gasteiger partial charge in [0, 0.05) is 21.9 Å². The fourth-order valence-corrected chi connectivity index (χ4v) is 4.40. The number of carbonyl (C=O) groups excluding carboxylic acids is 1. The van der Waals surface area contributed by atoms with Crippen molar-refractivity contribution in [1.82, 2.24) is 4.98 Å². The second-order valence-corrected chi connectivity index (χ2v) is 8.73. The van der Waals surface area contributed by atoms with Crippen LogP contribution in [0.25, 0.3) is 11.3 Å². The topological polar surface area (TPSA) is 42.0 Å². The number of benzene rings is 1. The first-order valence-electron chi connectivity index (χ1n) is 7.36. The highest BCUT2D eigenvalue weighted by Crippen LogP contribution is 2.68. The van der Waals surface area contributed by atoms with Crippen molar-refractivity contribution < 1.29 is 4.79 Å². The summed E-state index contributed by atoms with van der Waals surface area (Å²) in [5.74, 6) is 0.0320. The lowest BCUT2D eigenvalue weighted by Crippen LogP contribution is -2.17. The molecule has 0 radical (unpaired) electrons. The molecule has 1 aliphatic carbocycles. The molecule has 0 bridgehead atoms. The van der Waals surface area contributed by atoms with E-state index < -0.39 is 0 Å². The summed E-state index contributed by atoms with van der Waals surface area (Å²) < 4.78 is 0. The predicted octanol–water partition coefficient (Wildman–Crippen LogP) is 5.74. The maximum Gasteiger partial charge on any atom is 0.230 e. The molecule has 1 fully saturated rings. The standard InChI is InChI=1S/C17H18Cl2N2OS/c1-16(2)13(17(16,3)4)14(22)21-15-20-12(8-23-15)10-6-5-9(18)7-11(10)19/h5-8,13H,1-4H3,(H,20,21,22). The van der Waals surface area contributed by atoms with E-state index in [1.807, 2.05) is 11.4 Å². The van der Waals surface area contributed by atoms with Crippen molar-refractivity contribution in [1.29, 1.82) is 0 Å². The van der Waals surface area contributed by atoms with Gasteiger partial charge in [0.1, 0.15) is 0 Å². The van der Waals surface area contributed by atoms with E-state index >= 15 is 0 Å². The van der Waals surface area contributed by atoms with E-state index in [0.29, 0.717) is 15.2 Å². The summed E-state index contributed by atoms with van der Waals surface area (Å²) in [5, 5.41) is 6.54. The van der Waals surface area contributed by atoms with Crippen LogP contribution in [-0.2, 0) is 4.79 Å². The highest BCUT2D eigenvalue weighted by atomic mass is 35.5. The molecule has 0 aliphatic heterocycles. The first kappa shape index (κ1) is 16.7. The molecule has 23 heavy (non-hydrogen) atoms. The van der Waals surface area contributed by atoms with Crippen LogP contribution in [0.3, 0.4) is 0 Å². The number of nitrogens with zero attached hydrogens (tertiary/aromatic N) is 1. The molecule has 0 atom stereocenters. The van der Waals surface area contributed by atoms with E-state index in [2.05, 4.69) is 38.0 Å². The number of hydrogen-bond acceptors (Lipinski definition) is 3. The predicted molar refractivity (Wildman–Crippen MR) is 97.3 cm³/mol. The van der Waals surface area contributed by atoms with E-state index in [0.717, 1.165) is 11.3 Å². The molecule has 0 saturated heterocycles. The van der Waals surface area contributed by atoms with Gasteiger partial charge in [-0.3, -0.25) is 4.79 Å². The number of amides is 1. The van der Waals surface area contributed by atoms with Crippen LogP contribution < -0.4 is 5.32 Å². The third-order valence-electron chi connectivity index (χ3n) is 5.22. The molecular formula is C17H18Cl2N2OS. The van der Waals surface area contributed by atoms with Gasteiger partial charge in [-0.25, -0.2) is 4.98 Å². The van der Waals surface area contributed by atoms with Crippen molar-refractivity contribution in [3.05, 3.63) is 33.6 Å². The summed E-state index contributed by atoms with van der Waals surface area (Å²) in [4.78, 5) is 17.0. The molecule has 1 heterocycles. The number of rotatable bonds is 3. The third kappa shape index (κ3) is 2.77. The third-order valence-corrected chi connectivity index (χ3v) is 6.53. The van der Waals surface area contributed by atoms with Crippen molar-refractivity contribution in [2.24, 2.45) is 16.7 Å². The van der Waals surface area contributed by atoms with Gasteiger partial charge >= 0.3 is 0 Å². The average molecular weight is 369 g/mol. The highest BCUT2D eigenvalue weighted by Gasteiger charge is 2.68. The van der Waals surface area contributed by atoms with Gasteiger partial charge in [0.25, 0.3) is 0 Å². The van der Waals surface area contributed by atoms with Gasteiger partial charge in [0.05, 0.1) is 10.7 Å². The minimum Gasteiger partial charge on any atom is -0.302 e. The average Bonchev–Trinajstić information content (AvgIpc) is 2.76. The normalized spacial score (nSPS) is 18.7. The van der Waals surface area contributed by atoms with Crippen LogP contribution in [0.5, 0.6) is 0 Å². The van der Waals surface area contributed by atoms with Crippen LogP contribution in [0.2, 0.25) is 10.0 Å². The summed E-state index contributed by atoms with van der Waals surface area (Å²) in [5.41, 5.74) is 1.56. The van der Waals surface area contributed by atoms with Crippen molar-refractivity contribution >= 4 is 45.6 Å². The zero-order chi connectivity index (χ0) is 17.0. The Kier molecular flexibility index (Phi) is 3.98. The molecule has 0 spiro atoms. The van der Waals surface area contributed by atoms with E-state index in [1.165, 1.54) is 11.3 Å². The van der Waals surface area contributed by atoms with E-state index in [1.54, 1.807) is 12.1 Å². The summed E-state index contributed by atoms with van der Waals surface area (Å²) in [6.45, 7) is 8.49. The number of halogens is 2. The zero-order valence-corrected chi connectivity index (χ0v) is 15.7. The molecule has 3 rings (SSSR count). The number of thiazole rings is 1. The SMILES string of the molecule is CC1(C)C(C(=O)Nc2nc(-c3ccc(Cl)cc3Cl)cs2)C1(C)C. The lowest BCUT2D eigenvalue weighted by molar-refractivity contribution is -0.118. The summed E-state index contributed by atoms with van der Waals surface area (Å²) in [7, 11) is 0. The molecule has 1 aliphatic rings. The second kappa shape index (κ2) is 5.47. The molecule has 1 amide bonds. The van der Waals surface area contributed by atoms with E-state index in [4.69, 9.17) is 23.2 Å². The molecular weight excluding hydrogens is 351 g/mol. The van der Waals surface area contributed by atoms with Gasteiger partial charge in [-0.1, -0.05) is 50.9 Å². The van der Waals surface area contributed by atoms with Crippen LogP contribution in [-0.4, -0.2) is 10.9 Å². The molecule has 1 saturated carbocycles. The van der Waals surface area contributed by atoms with E-state index in [-0.39, 0.29) is 22.7 Å². The Bertz CT molecular complexity index is 769. The number of nitrogens with one attached hydrogen (secondary N) is 1. The number of anilines is 1. The Morgan fingerprint density at radius 2 is 1.87 bits per heavy atom. The van der Waals surface area contributed by atoms with Crippen molar-refractivity contribution in [3.63, 3.8) is 0 Å². The quantitative estimate of drug-likeness (QED) is 0.750.